The third-order valence-corrected chi connectivity index (χ3v) is 6.75. The Kier molecular flexibility index (Phi) is 15.6. The van der Waals surface area contributed by atoms with Crippen LogP contribution in [0.25, 0.3) is 0 Å². The standard InChI is InChI=1S/C32H49NO3/c1-4-7-9-11-12-13-14-16-18-27-19-21-28(22-20-27)31(6-3)36-32(34)30-24-23-29(26-33-30)35-25-17-15-10-8-5-2/h19-24,26,31H,4-18,25H2,1-3H3. The van der Waals surface area contributed by atoms with Crippen molar-refractivity contribution in [1.29, 1.82) is 0 Å². The first-order valence-corrected chi connectivity index (χ1v) is 14.6. The minimum absolute atomic E-state index is 0.268. The van der Waals surface area contributed by atoms with Crippen molar-refractivity contribution in [3.8, 4) is 5.75 Å². The molecule has 0 aliphatic heterocycles. The van der Waals surface area contributed by atoms with Crippen molar-refractivity contribution in [3.63, 3.8) is 0 Å². The van der Waals surface area contributed by atoms with Crippen LogP contribution in [0, 0.1) is 0 Å². The van der Waals surface area contributed by atoms with Crippen LogP contribution < -0.4 is 4.74 Å². The number of pyridine rings is 1. The van der Waals surface area contributed by atoms with Crippen LogP contribution in [0.15, 0.2) is 42.6 Å². The fourth-order valence-electron chi connectivity index (χ4n) is 4.42. The van der Waals surface area contributed by atoms with Crippen molar-refractivity contribution < 1.29 is 14.3 Å². The molecule has 0 bridgehead atoms. The van der Waals surface area contributed by atoms with Crippen molar-refractivity contribution >= 4 is 5.97 Å². The lowest BCUT2D eigenvalue weighted by molar-refractivity contribution is 0.0281. The van der Waals surface area contributed by atoms with Crippen LogP contribution in [0.5, 0.6) is 5.75 Å². The molecule has 1 aromatic heterocycles. The topological polar surface area (TPSA) is 48.4 Å². The predicted molar refractivity (Wildman–Crippen MR) is 150 cm³/mol. The third kappa shape index (κ3) is 12.1. The zero-order valence-electron chi connectivity index (χ0n) is 23.1. The van der Waals surface area contributed by atoms with E-state index in [1.807, 2.05) is 6.92 Å². The third-order valence-electron chi connectivity index (χ3n) is 6.75. The largest absolute Gasteiger partial charge is 0.492 e. The van der Waals surface area contributed by atoms with Gasteiger partial charge in [-0.3, -0.25) is 0 Å². The molecule has 0 aliphatic rings. The van der Waals surface area contributed by atoms with Crippen LogP contribution >= 0.6 is 0 Å². The molecular formula is C32H49NO3. The summed E-state index contributed by atoms with van der Waals surface area (Å²) >= 11 is 0. The molecule has 0 radical (unpaired) electrons. The van der Waals surface area contributed by atoms with Gasteiger partial charge >= 0.3 is 5.97 Å². The minimum atomic E-state index is -0.393. The summed E-state index contributed by atoms with van der Waals surface area (Å²) < 4.78 is 11.5. The molecule has 1 heterocycles. The molecule has 0 N–H and O–H groups in total. The molecule has 0 saturated heterocycles. The van der Waals surface area contributed by atoms with E-state index in [2.05, 4.69) is 43.1 Å². The molecule has 4 heteroatoms. The number of nitrogens with zero attached hydrogens (tertiary/aromatic N) is 1. The highest BCUT2D eigenvalue weighted by atomic mass is 16.5. The van der Waals surface area contributed by atoms with Gasteiger partial charge in [0, 0.05) is 0 Å². The highest BCUT2D eigenvalue weighted by Crippen LogP contribution is 2.24. The van der Waals surface area contributed by atoms with Gasteiger partial charge in [-0.05, 0) is 48.9 Å². The number of ether oxygens (including phenoxy) is 2. The summed E-state index contributed by atoms with van der Waals surface area (Å²) in [6.07, 6.45) is 19.9. The van der Waals surface area contributed by atoms with Gasteiger partial charge in [-0.15, -0.1) is 0 Å². The maximum atomic E-state index is 12.7. The summed E-state index contributed by atoms with van der Waals surface area (Å²) in [4.78, 5) is 17.0. The summed E-state index contributed by atoms with van der Waals surface area (Å²) in [5.74, 6) is 0.303. The van der Waals surface area contributed by atoms with Gasteiger partial charge < -0.3 is 9.47 Å². The van der Waals surface area contributed by atoms with E-state index >= 15 is 0 Å². The van der Waals surface area contributed by atoms with E-state index in [4.69, 9.17) is 9.47 Å². The predicted octanol–water partition coefficient (Wildman–Crippen LogP) is 9.42. The summed E-state index contributed by atoms with van der Waals surface area (Å²) in [6.45, 7) is 7.20. The number of hydrogen-bond acceptors (Lipinski definition) is 4. The smallest absolute Gasteiger partial charge is 0.357 e. The second kappa shape index (κ2) is 18.8. The number of benzene rings is 1. The molecule has 1 aromatic carbocycles. The SMILES string of the molecule is CCCCCCCCCCc1ccc(C(CC)OC(=O)c2ccc(OCCCCCCC)cn2)cc1. The average molecular weight is 496 g/mol. The number of aromatic nitrogens is 1. The Bertz CT molecular complexity index is 816. The molecule has 2 rings (SSSR count). The highest BCUT2D eigenvalue weighted by Gasteiger charge is 2.17. The Balaban J connectivity index is 1.73. The van der Waals surface area contributed by atoms with E-state index in [1.54, 1.807) is 18.3 Å². The molecule has 200 valence electrons. The van der Waals surface area contributed by atoms with Gasteiger partial charge in [0.15, 0.2) is 0 Å². The van der Waals surface area contributed by atoms with E-state index in [0.29, 0.717) is 18.1 Å². The second-order valence-electron chi connectivity index (χ2n) is 9.91. The van der Waals surface area contributed by atoms with Gasteiger partial charge in [0.1, 0.15) is 17.5 Å². The monoisotopic (exact) mass is 495 g/mol. The zero-order valence-corrected chi connectivity index (χ0v) is 23.1. The lowest BCUT2D eigenvalue weighted by atomic mass is 10.0. The second-order valence-corrected chi connectivity index (χ2v) is 9.91. The van der Waals surface area contributed by atoms with Crippen molar-refractivity contribution in [2.75, 3.05) is 6.61 Å². The number of hydrogen-bond donors (Lipinski definition) is 0. The molecule has 0 saturated carbocycles. The number of rotatable bonds is 20. The summed E-state index contributed by atoms with van der Waals surface area (Å²) in [6, 6.07) is 12.1. The van der Waals surface area contributed by atoms with Crippen molar-refractivity contribution in [2.24, 2.45) is 0 Å². The summed E-state index contributed by atoms with van der Waals surface area (Å²) in [5.41, 5.74) is 2.71. The van der Waals surface area contributed by atoms with Crippen molar-refractivity contribution in [1.82, 2.24) is 4.98 Å². The van der Waals surface area contributed by atoms with Gasteiger partial charge in [-0.1, -0.05) is 116 Å². The normalized spacial score (nSPS) is 11.9. The number of carbonyl (C=O) groups excluding carboxylic acids is 1. The van der Waals surface area contributed by atoms with Crippen LogP contribution in [0.1, 0.15) is 138 Å². The molecule has 1 atom stereocenters. The highest BCUT2D eigenvalue weighted by molar-refractivity contribution is 5.87. The molecule has 0 spiro atoms. The van der Waals surface area contributed by atoms with Crippen LogP contribution in [0.4, 0.5) is 0 Å². The maximum Gasteiger partial charge on any atom is 0.357 e. The van der Waals surface area contributed by atoms with Crippen LogP contribution in [-0.4, -0.2) is 17.6 Å². The zero-order chi connectivity index (χ0) is 25.8. The number of carbonyl (C=O) groups is 1. The minimum Gasteiger partial charge on any atom is -0.492 e. The maximum absolute atomic E-state index is 12.7. The van der Waals surface area contributed by atoms with Crippen molar-refractivity contribution in [3.05, 3.63) is 59.4 Å². The first-order chi connectivity index (χ1) is 17.7. The molecular weight excluding hydrogens is 446 g/mol. The van der Waals surface area contributed by atoms with E-state index in [9.17, 15) is 4.79 Å². The van der Waals surface area contributed by atoms with Crippen LogP contribution in [0.3, 0.4) is 0 Å². The number of unbranched alkanes of at least 4 members (excludes halogenated alkanes) is 11. The van der Waals surface area contributed by atoms with Gasteiger partial charge in [0.05, 0.1) is 12.8 Å². The fraction of sp³-hybridized carbons (Fsp3) is 0.625. The molecule has 36 heavy (non-hydrogen) atoms. The van der Waals surface area contributed by atoms with Crippen LogP contribution in [0.2, 0.25) is 0 Å². The Morgan fingerprint density at radius 2 is 1.36 bits per heavy atom. The van der Waals surface area contributed by atoms with Crippen molar-refractivity contribution in [2.45, 2.75) is 123 Å². The van der Waals surface area contributed by atoms with Gasteiger partial charge in [-0.2, -0.15) is 0 Å². The summed E-state index contributed by atoms with van der Waals surface area (Å²) in [7, 11) is 0. The first kappa shape index (κ1) is 29.9. The number of aryl methyl sites for hydroxylation is 1. The molecule has 0 amide bonds. The first-order valence-electron chi connectivity index (χ1n) is 14.6. The fourth-order valence-corrected chi connectivity index (χ4v) is 4.42. The van der Waals surface area contributed by atoms with E-state index in [0.717, 1.165) is 24.8 Å². The Labute approximate surface area is 220 Å². The van der Waals surface area contributed by atoms with Gasteiger partial charge in [-0.25, -0.2) is 9.78 Å². The molecule has 1 unspecified atom stereocenters. The Hall–Kier alpha value is -2.36. The van der Waals surface area contributed by atoms with E-state index in [-0.39, 0.29) is 6.10 Å². The molecule has 2 aromatic rings. The molecule has 0 fully saturated rings. The van der Waals surface area contributed by atoms with E-state index < -0.39 is 5.97 Å². The quantitative estimate of drug-likeness (QED) is 0.136. The Morgan fingerprint density at radius 3 is 1.94 bits per heavy atom. The van der Waals surface area contributed by atoms with E-state index in [1.165, 1.54) is 82.6 Å². The number of esters is 1. The van der Waals surface area contributed by atoms with Gasteiger partial charge in [0.2, 0.25) is 0 Å². The Morgan fingerprint density at radius 1 is 0.750 bits per heavy atom. The molecule has 4 nitrogen and oxygen atoms in total. The van der Waals surface area contributed by atoms with Gasteiger partial charge in [0.25, 0.3) is 0 Å². The van der Waals surface area contributed by atoms with Crippen LogP contribution in [-0.2, 0) is 11.2 Å². The lowest BCUT2D eigenvalue weighted by Crippen LogP contribution is -2.12. The average Bonchev–Trinajstić information content (AvgIpc) is 2.91. The molecule has 0 aliphatic carbocycles. The summed E-state index contributed by atoms with van der Waals surface area (Å²) in [5, 5.41) is 0. The lowest BCUT2D eigenvalue weighted by Gasteiger charge is -2.17.